The largest absolute Gasteiger partial charge is 0.331 e. The van der Waals surface area contributed by atoms with Gasteiger partial charge in [0.2, 0.25) is 0 Å². The molecule has 0 aliphatic carbocycles. The van der Waals surface area contributed by atoms with Crippen LogP contribution in [0.3, 0.4) is 0 Å². The van der Waals surface area contributed by atoms with Crippen molar-refractivity contribution < 1.29 is 4.79 Å². The molecule has 0 fully saturated rings. The lowest BCUT2D eigenvalue weighted by Crippen LogP contribution is -2.43. The third-order valence-corrected chi connectivity index (χ3v) is 3.12. The molecule has 0 saturated heterocycles. The molecule has 0 aliphatic heterocycles. The number of hydrazine groups is 1. The molecule has 2 rings (SSSR count). The standard InChI is InChI=1S/C16H17N3OS/c1-11-3-7-13(8-4-11)15(20)18-19-16(21)17-14-9-5-12(2)6-10-14/h3-10H,1-2H3,(H,18,20)(H2,17,19,21). The zero-order valence-corrected chi connectivity index (χ0v) is 12.8. The lowest BCUT2D eigenvalue weighted by atomic mass is 10.1. The number of aryl methyl sites for hydroxylation is 2. The minimum Gasteiger partial charge on any atom is -0.331 e. The third kappa shape index (κ3) is 4.57. The molecule has 0 radical (unpaired) electrons. The van der Waals surface area contributed by atoms with Gasteiger partial charge in [-0.2, -0.15) is 0 Å². The monoisotopic (exact) mass is 299 g/mol. The van der Waals surface area contributed by atoms with Crippen LogP contribution in [0.2, 0.25) is 0 Å². The lowest BCUT2D eigenvalue weighted by Gasteiger charge is -2.11. The normalized spacial score (nSPS) is 9.81. The molecule has 3 N–H and O–H groups in total. The fourth-order valence-corrected chi connectivity index (χ4v) is 1.86. The summed E-state index contributed by atoms with van der Waals surface area (Å²) in [6.07, 6.45) is 0. The number of carbonyl (C=O) groups excluding carboxylic acids is 1. The van der Waals surface area contributed by atoms with Gasteiger partial charge < -0.3 is 5.32 Å². The topological polar surface area (TPSA) is 53.2 Å². The fraction of sp³-hybridized carbons (Fsp3) is 0.125. The van der Waals surface area contributed by atoms with Crippen LogP contribution in [0.15, 0.2) is 48.5 Å². The predicted octanol–water partition coefficient (Wildman–Crippen LogP) is 2.93. The first-order valence-corrected chi connectivity index (χ1v) is 6.96. The number of hydrogen-bond donors (Lipinski definition) is 3. The fourth-order valence-electron chi connectivity index (χ4n) is 1.69. The summed E-state index contributed by atoms with van der Waals surface area (Å²) in [6, 6.07) is 15.1. The van der Waals surface area contributed by atoms with E-state index in [1.807, 2.05) is 50.2 Å². The highest BCUT2D eigenvalue weighted by atomic mass is 32.1. The van der Waals surface area contributed by atoms with E-state index in [2.05, 4.69) is 16.2 Å². The van der Waals surface area contributed by atoms with E-state index in [1.165, 1.54) is 5.56 Å². The molecule has 0 heterocycles. The number of amides is 1. The average molecular weight is 299 g/mol. The maximum Gasteiger partial charge on any atom is 0.269 e. The van der Waals surface area contributed by atoms with Gasteiger partial charge >= 0.3 is 0 Å². The van der Waals surface area contributed by atoms with E-state index in [-0.39, 0.29) is 5.91 Å². The number of anilines is 1. The Kier molecular flexibility index (Phi) is 4.90. The Hall–Kier alpha value is -2.40. The molecular formula is C16H17N3OS. The minimum atomic E-state index is -0.233. The van der Waals surface area contributed by atoms with Crippen molar-refractivity contribution in [3.63, 3.8) is 0 Å². The van der Waals surface area contributed by atoms with Crippen LogP contribution in [0, 0.1) is 13.8 Å². The Morgan fingerprint density at radius 3 is 1.95 bits per heavy atom. The van der Waals surface area contributed by atoms with Gasteiger partial charge in [-0.15, -0.1) is 0 Å². The summed E-state index contributed by atoms with van der Waals surface area (Å²) >= 11 is 5.12. The minimum absolute atomic E-state index is 0.233. The number of benzene rings is 2. The SMILES string of the molecule is Cc1ccc(NC(=S)NNC(=O)c2ccc(C)cc2)cc1. The van der Waals surface area contributed by atoms with E-state index in [9.17, 15) is 4.79 Å². The van der Waals surface area contributed by atoms with Crippen molar-refractivity contribution in [2.75, 3.05) is 5.32 Å². The van der Waals surface area contributed by atoms with Gasteiger partial charge in [-0.3, -0.25) is 15.6 Å². The molecule has 0 aromatic heterocycles. The summed E-state index contributed by atoms with van der Waals surface area (Å²) < 4.78 is 0. The molecule has 4 nitrogen and oxygen atoms in total. The van der Waals surface area contributed by atoms with E-state index >= 15 is 0 Å². The number of rotatable bonds is 2. The Morgan fingerprint density at radius 2 is 1.38 bits per heavy atom. The summed E-state index contributed by atoms with van der Waals surface area (Å²) in [5, 5.41) is 3.32. The van der Waals surface area contributed by atoms with Gasteiger partial charge in [-0.05, 0) is 50.3 Å². The molecule has 1 amide bonds. The van der Waals surface area contributed by atoms with Crippen LogP contribution in [0.4, 0.5) is 5.69 Å². The Bertz CT molecular complexity index is 636. The maximum absolute atomic E-state index is 11.9. The number of thiocarbonyl (C=S) groups is 1. The van der Waals surface area contributed by atoms with Crippen molar-refractivity contribution in [2.24, 2.45) is 0 Å². The molecule has 0 unspecified atom stereocenters. The zero-order chi connectivity index (χ0) is 15.2. The summed E-state index contributed by atoms with van der Waals surface area (Å²) in [6.45, 7) is 3.99. The lowest BCUT2D eigenvalue weighted by molar-refractivity contribution is 0.0944. The van der Waals surface area contributed by atoms with Crippen molar-refractivity contribution >= 4 is 28.9 Å². The van der Waals surface area contributed by atoms with Crippen LogP contribution < -0.4 is 16.2 Å². The zero-order valence-electron chi connectivity index (χ0n) is 11.9. The second-order valence-corrected chi connectivity index (χ2v) is 5.17. The van der Waals surface area contributed by atoms with Crippen LogP contribution >= 0.6 is 12.2 Å². The highest BCUT2D eigenvalue weighted by Crippen LogP contribution is 2.08. The first-order chi connectivity index (χ1) is 10.0. The van der Waals surface area contributed by atoms with Crippen LogP contribution in [-0.2, 0) is 0 Å². The second kappa shape index (κ2) is 6.85. The molecule has 0 spiro atoms. The smallest absolute Gasteiger partial charge is 0.269 e. The molecule has 0 bridgehead atoms. The number of hydrogen-bond acceptors (Lipinski definition) is 2. The van der Waals surface area contributed by atoms with Gasteiger partial charge in [0.25, 0.3) is 5.91 Å². The highest BCUT2D eigenvalue weighted by molar-refractivity contribution is 7.80. The van der Waals surface area contributed by atoms with Gasteiger partial charge in [0.15, 0.2) is 5.11 Å². The molecule has 108 valence electrons. The Morgan fingerprint density at radius 1 is 0.857 bits per heavy atom. The molecule has 2 aromatic carbocycles. The molecule has 2 aromatic rings. The Balaban J connectivity index is 1.84. The van der Waals surface area contributed by atoms with Gasteiger partial charge in [0.1, 0.15) is 0 Å². The Labute approximate surface area is 129 Å². The molecule has 0 atom stereocenters. The summed E-state index contributed by atoms with van der Waals surface area (Å²) in [7, 11) is 0. The molecular weight excluding hydrogens is 282 g/mol. The van der Waals surface area contributed by atoms with Crippen molar-refractivity contribution in [1.82, 2.24) is 10.9 Å². The first kappa shape index (κ1) is 15.0. The van der Waals surface area contributed by atoms with Crippen molar-refractivity contribution in [3.05, 3.63) is 65.2 Å². The van der Waals surface area contributed by atoms with E-state index in [4.69, 9.17) is 12.2 Å². The second-order valence-electron chi connectivity index (χ2n) is 4.77. The maximum atomic E-state index is 11.9. The average Bonchev–Trinajstić information content (AvgIpc) is 2.48. The van der Waals surface area contributed by atoms with Crippen LogP contribution in [0.1, 0.15) is 21.5 Å². The first-order valence-electron chi connectivity index (χ1n) is 6.55. The van der Waals surface area contributed by atoms with Gasteiger partial charge in [0, 0.05) is 11.3 Å². The predicted molar refractivity (Wildman–Crippen MR) is 89.2 cm³/mol. The molecule has 21 heavy (non-hydrogen) atoms. The van der Waals surface area contributed by atoms with Gasteiger partial charge in [-0.1, -0.05) is 35.4 Å². The van der Waals surface area contributed by atoms with Crippen molar-refractivity contribution in [1.29, 1.82) is 0 Å². The van der Waals surface area contributed by atoms with Crippen molar-refractivity contribution in [3.8, 4) is 0 Å². The van der Waals surface area contributed by atoms with E-state index in [0.717, 1.165) is 11.3 Å². The number of carbonyl (C=O) groups is 1. The van der Waals surface area contributed by atoms with Crippen LogP contribution in [0.25, 0.3) is 0 Å². The van der Waals surface area contributed by atoms with E-state index < -0.39 is 0 Å². The molecule has 5 heteroatoms. The summed E-state index contributed by atoms with van der Waals surface area (Å²) in [5.74, 6) is -0.233. The molecule has 0 saturated carbocycles. The summed E-state index contributed by atoms with van der Waals surface area (Å²) in [4.78, 5) is 11.9. The summed E-state index contributed by atoms with van der Waals surface area (Å²) in [5.41, 5.74) is 8.96. The van der Waals surface area contributed by atoms with E-state index in [1.54, 1.807) is 12.1 Å². The van der Waals surface area contributed by atoms with Crippen LogP contribution in [0.5, 0.6) is 0 Å². The number of nitrogens with one attached hydrogen (secondary N) is 3. The third-order valence-electron chi connectivity index (χ3n) is 2.91. The van der Waals surface area contributed by atoms with Gasteiger partial charge in [0.05, 0.1) is 0 Å². The van der Waals surface area contributed by atoms with E-state index in [0.29, 0.717) is 10.7 Å². The quantitative estimate of drug-likeness (QED) is 0.589. The van der Waals surface area contributed by atoms with Crippen molar-refractivity contribution in [2.45, 2.75) is 13.8 Å². The van der Waals surface area contributed by atoms with Gasteiger partial charge in [-0.25, -0.2) is 0 Å². The highest BCUT2D eigenvalue weighted by Gasteiger charge is 2.05. The molecule has 0 aliphatic rings. The van der Waals surface area contributed by atoms with Crippen LogP contribution in [-0.4, -0.2) is 11.0 Å².